The lowest BCUT2D eigenvalue weighted by molar-refractivity contribution is -0.135. The van der Waals surface area contributed by atoms with E-state index in [0.29, 0.717) is 41.0 Å². The molecule has 1 aromatic heterocycles. The first-order valence-corrected chi connectivity index (χ1v) is 11.1. The molecule has 1 aliphatic carbocycles. The van der Waals surface area contributed by atoms with Crippen molar-refractivity contribution in [1.29, 1.82) is 0 Å². The zero-order valence-corrected chi connectivity index (χ0v) is 18.3. The molecule has 2 aromatic rings. The summed E-state index contributed by atoms with van der Waals surface area (Å²) in [4.78, 5) is 36.7. The molecule has 2 amide bonds. The maximum absolute atomic E-state index is 12.8. The van der Waals surface area contributed by atoms with E-state index in [1.807, 2.05) is 24.0 Å². The van der Waals surface area contributed by atoms with Crippen LogP contribution in [0.2, 0.25) is 0 Å². The number of carbonyl (C=O) groups is 2. The number of benzene rings is 1. The van der Waals surface area contributed by atoms with Gasteiger partial charge in [0.15, 0.2) is 0 Å². The average Bonchev–Trinajstić information content (AvgIpc) is 3.29. The predicted octanol–water partition coefficient (Wildman–Crippen LogP) is 3.94. The quantitative estimate of drug-likeness (QED) is 0.789. The maximum atomic E-state index is 12.8. The summed E-state index contributed by atoms with van der Waals surface area (Å²) in [5.74, 6) is 1.65. The molecule has 2 heterocycles. The minimum absolute atomic E-state index is 0.123. The molecule has 1 aromatic carbocycles. The fraction of sp³-hybridized carbons (Fsp3) is 0.500. The second-order valence-electron chi connectivity index (χ2n) is 8.49. The molecule has 1 saturated carbocycles. The lowest BCUT2D eigenvalue weighted by Crippen LogP contribution is -2.35. The minimum Gasteiger partial charge on any atom is -0.495 e. The van der Waals surface area contributed by atoms with Crippen molar-refractivity contribution in [2.45, 2.75) is 51.4 Å². The summed E-state index contributed by atoms with van der Waals surface area (Å²) in [5.41, 5.74) is 1.67. The molecule has 4 rings (SSSR count). The van der Waals surface area contributed by atoms with Crippen LogP contribution in [0.3, 0.4) is 0 Å². The number of carbonyl (C=O) groups excluding carboxylic acids is 2. The second kappa shape index (κ2) is 9.45. The summed E-state index contributed by atoms with van der Waals surface area (Å²) in [6.07, 6.45) is 8.06. The molecule has 1 aliphatic heterocycles. The van der Waals surface area contributed by atoms with E-state index in [1.165, 1.54) is 6.42 Å². The van der Waals surface area contributed by atoms with Gasteiger partial charge in [0.05, 0.1) is 24.1 Å². The molecule has 0 spiro atoms. The van der Waals surface area contributed by atoms with Crippen LogP contribution in [-0.4, -0.2) is 46.9 Å². The molecule has 2 aliphatic rings. The predicted molar refractivity (Wildman–Crippen MR) is 118 cm³/mol. The highest BCUT2D eigenvalue weighted by Gasteiger charge is 2.33. The normalized spacial score (nSPS) is 19.3. The van der Waals surface area contributed by atoms with Crippen molar-refractivity contribution in [3.8, 4) is 5.75 Å². The third-order valence-electron chi connectivity index (χ3n) is 6.42. The van der Waals surface area contributed by atoms with Gasteiger partial charge in [-0.3, -0.25) is 9.59 Å². The molecule has 1 atom stereocenters. The fourth-order valence-electron chi connectivity index (χ4n) is 4.62. The van der Waals surface area contributed by atoms with Crippen LogP contribution in [0.15, 0.2) is 30.5 Å². The first kappa shape index (κ1) is 21.3. The third kappa shape index (κ3) is 4.70. The number of anilines is 1. The van der Waals surface area contributed by atoms with Crippen molar-refractivity contribution in [2.24, 2.45) is 5.92 Å². The Kier molecular flexibility index (Phi) is 6.49. The van der Waals surface area contributed by atoms with Crippen molar-refractivity contribution in [3.63, 3.8) is 0 Å². The van der Waals surface area contributed by atoms with E-state index < -0.39 is 0 Å². The highest BCUT2D eigenvalue weighted by atomic mass is 16.5. The van der Waals surface area contributed by atoms with E-state index in [0.717, 1.165) is 38.6 Å². The number of hydrogen-bond donors (Lipinski definition) is 1. The zero-order valence-electron chi connectivity index (χ0n) is 18.3. The molecule has 7 heteroatoms. The van der Waals surface area contributed by atoms with Gasteiger partial charge in [0.25, 0.3) is 5.91 Å². The number of ether oxygens (including phenoxy) is 1. The Hall–Kier alpha value is -2.96. The Balaban J connectivity index is 1.41. The van der Waals surface area contributed by atoms with E-state index in [1.54, 1.807) is 25.4 Å². The summed E-state index contributed by atoms with van der Waals surface area (Å²) in [6, 6.07) is 7.27. The van der Waals surface area contributed by atoms with Gasteiger partial charge in [-0.15, -0.1) is 0 Å². The first-order valence-electron chi connectivity index (χ1n) is 11.1. The van der Waals surface area contributed by atoms with Gasteiger partial charge in [0.1, 0.15) is 11.6 Å². The Labute approximate surface area is 183 Å². The van der Waals surface area contributed by atoms with Crippen molar-refractivity contribution < 1.29 is 14.3 Å². The number of nitrogens with zero attached hydrogens (tertiary/aromatic N) is 3. The molecule has 31 heavy (non-hydrogen) atoms. The van der Waals surface area contributed by atoms with Gasteiger partial charge in [-0.2, -0.15) is 0 Å². The third-order valence-corrected chi connectivity index (χ3v) is 6.42. The number of hydrogen-bond acceptors (Lipinski definition) is 5. The van der Waals surface area contributed by atoms with Gasteiger partial charge < -0.3 is 15.0 Å². The molecule has 1 N–H and O–H groups in total. The molecule has 7 nitrogen and oxygen atoms in total. The lowest BCUT2D eigenvalue weighted by atomic mass is 9.88. The maximum Gasteiger partial charge on any atom is 0.259 e. The smallest absolute Gasteiger partial charge is 0.259 e. The molecule has 0 radical (unpaired) electrons. The molecule has 164 valence electrons. The van der Waals surface area contributed by atoms with Crippen LogP contribution in [0.25, 0.3) is 0 Å². The summed E-state index contributed by atoms with van der Waals surface area (Å²) in [6.45, 7) is 3.25. The summed E-state index contributed by atoms with van der Waals surface area (Å²) < 4.78 is 5.29. The molecule has 1 saturated heterocycles. The van der Waals surface area contributed by atoms with Gasteiger partial charge in [-0.1, -0.05) is 31.4 Å². The first-order chi connectivity index (χ1) is 15.1. The van der Waals surface area contributed by atoms with Gasteiger partial charge in [0, 0.05) is 31.1 Å². The van der Waals surface area contributed by atoms with Crippen LogP contribution in [0.4, 0.5) is 5.69 Å². The highest BCUT2D eigenvalue weighted by molar-refractivity contribution is 6.05. The van der Waals surface area contributed by atoms with Gasteiger partial charge in [0.2, 0.25) is 5.91 Å². The monoisotopic (exact) mass is 422 g/mol. The van der Waals surface area contributed by atoms with Gasteiger partial charge in [-0.05, 0) is 38.3 Å². The van der Waals surface area contributed by atoms with Crippen molar-refractivity contribution in [2.75, 3.05) is 25.5 Å². The lowest BCUT2D eigenvalue weighted by Gasteiger charge is -2.26. The summed E-state index contributed by atoms with van der Waals surface area (Å²) in [5, 5.41) is 2.87. The van der Waals surface area contributed by atoms with Crippen LogP contribution < -0.4 is 10.1 Å². The highest BCUT2D eigenvalue weighted by Crippen LogP contribution is 2.31. The number of nitrogens with one attached hydrogen (secondary N) is 1. The number of para-hydroxylation sites is 2. The van der Waals surface area contributed by atoms with Crippen LogP contribution in [-0.2, 0) is 4.79 Å². The van der Waals surface area contributed by atoms with Crippen molar-refractivity contribution in [3.05, 3.63) is 47.5 Å². The number of amides is 2. The van der Waals surface area contributed by atoms with Gasteiger partial charge >= 0.3 is 0 Å². The molecule has 0 unspecified atom stereocenters. The van der Waals surface area contributed by atoms with E-state index in [2.05, 4.69) is 15.3 Å². The molecular weight excluding hydrogens is 392 g/mol. The largest absolute Gasteiger partial charge is 0.495 e. The minimum atomic E-state index is -0.269. The van der Waals surface area contributed by atoms with E-state index >= 15 is 0 Å². The van der Waals surface area contributed by atoms with E-state index in [-0.39, 0.29) is 17.7 Å². The van der Waals surface area contributed by atoms with Gasteiger partial charge in [-0.25, -0.2) is 9.97 Å². The zero-order chi connectivity index (χ0) is 21.8. The molecule has 2 fully saturated rings. The number of aryl methyl sites for hydroxylation is 1. The van der Waals surface area contributed by atoms with E-state index in [4.69, 9.17) is 4.74 Å². The van der Waals surface area contributed by atoms with Crippen LogP contribution in [0, 0.1) is 12.8 Å². The topological polar surface area (TPSA) is 84.4 Å². The second-order valence-corrected chi connectivity index (χ2v) is 8.49. The number of methoxy groups -OCH3 is 1. The fourth-order valence-corrected chi connectivity index (χ4v) is 4.62. The standard InChI is InChI=1S/C24H30N4O3/c1-16-19(23(29)27-20-10-6-7-11-21(20)31-2)14-25-22(26-16)18-12-13-28(15-18)24(30)17-8-4-3-5-9-17/h6-7,10-11,14,17-18H,3-5,8-9,12-13,15H2,1-2H3,(H,27,29)/t18-/m1/s1. The van der Waals surface area contributed by atoms with Crippen molar-refractivity contribution >= 4 is 17.5 Å². The number of rotatable bonds is 5. The summed E-state index contributed by atoms with van der Waals surface area (Å²) in [7, 11) is 1.57. The average molecular weight is 423 g/mol. The Morgan fingerprint density at radius 1 is 1.13 bits per heavy atom. The van der Waals surface area contributed by atoms with Crippen LogP contribution >= 0.6 is 0 Å². The molecule has 0 bridgehead atoms. The number of likely N-dealkylation sites (tertiary alicyclic amines) is 1. The SMILES string of the molecule is COc1ccccc1NC(=O)c1cnc([C@@H]2CCN(C(=O)C3CCCCC3)C2)nc1C. The summed E-state index contributed by atoms with van der Waals surface area (Å²) >= 11 is 0. The number of aromatic nitrogens is 2. The van der Waals surface area contributed by atoms with Crippen LogP contribution in [0.1, 0.15) is 66.3 Å². The van der Waals surface area contributed by atoms with Crippen molar-refractivity contribution in [1.82, 2.24) is 14.9 Å². The van der Waals surface area contributed by atoms with E-state index in [9.17, 15) is 9.59 Å². The Bertz CT molecular complexity index is 956. The molecular formula is C24H30N4O3. The van der Waals surface area contributed by atoms with Crippen LogP contribution in [0.5, 0.6) is 5.75 Å². The Morgan fingerprint density at radius 2 is 1.90 bits per heavy atom. The Morgan fingerprint density at radius 3 is 2.65 bits per heavy atom.